The van der Waals surface area contributed by atoms with E-state index >= 15 is 0 Å². The number of aromatic amines is 1. The van der Waals surface area contributed by atoms with Gasteiger partial charge < -0.3 is 20.7 Å². The Morgan fingerprint density at radius 2 is 1.82 bits per heavy atom. The summed E-state index contributed by atoms with van der Waals surface area (Å²) in [6.45, 7) is 1.81. The number of anilines is 1. The third-order valence-corrected chi connectivity index (χ3v) is 4.69. The van der Waals surface area contributed by atoms with Gasteiger partial charge in [-0.05, 0) is 49.6 Å². The van der Waals surface area contributed by atoms with Crippen molar-refractivity contribution in [3.05, 3.63) is 52.3 Å². The van der Waals surface area contributed by atoms with Gasteiger partial charge in [-0.3, -0.25) is 19.2 Å². The van der Waals surface area contributed by atoms with Crippen molar-refractivity contribution in [1.29, 1.82) is 0 Å². The summed E-state index contributed by atoms with van der Waals surface area (Å²) in [5.41, 5.74) is 3.34. The number of hydrogen-bond acceptors (Lipinski definition) is 4. The second-order valence-electron chi connectivity index (χ2n) is 6.69. The van der Waals surface area contributed by atoms with Gasteiger partial charge >= 0.3 is 5.97 Å². The van der Waals surface area contributed by atoms with Crippen LogP contribution in [0.2, 0.25) is 0 Å². The number of H-pyrrole nitrogens is 1. The molecule has 0 fully saturated rings. The van der Waals surface area contributed by atoms with Crippen molar-refractivity contribution in [3.63, 3.8) is 0 Å². The number of carbonyl (C=O) groups is 4. The second-order valence-corrected chi connectivity index (χ2v) is 6.69. The number of carboxylic acid groups (broad SMARTS) is 1. The van der Waals surface area contributed by atoms with Crippen LogP contribution in [0.25, 0.3) is 0 Å². The molecule has 0 spiro atoms. The van der Waals surface area contributed by atoms with Gasteiger partial charge in [0.1, 0.15) is 5.69 Å². The first-order valence-electron chi connectivity index (χ1n) is 9.03. The molecular weight excluding hydrogens is 362 g/mol. The van der Waals surface area contributed by atoms with Gasteiger partial charge in [-0.1, -0.05) is 0 Å². The maximum atomic E-state index is 12.6. The highest BCUT2D eigenvalue weighted by molar-refractivity contribution is 6.08. The van der Waals surface area contributed by atoms with Gasteiger partial charge in [-0.15, -0.1) is 0 Å². The number of nitrogens with one attached hydrogen (secondary N) is 3. The Balaban J connectivity index is 1.66. The standard InChI is InChI=1S/C20H21N3O5/c1-11-17-14(3-2-4-15(17)24)23-18(11)20(28)22-13-7-5-12(6-8-13)19(27)21-10-9-16(25)26/h5-8,23H,2-4,9-10H2,1H3,(H,21,27)(H,22,28)(H,25,26). The molecule has 8 nitrogen and oxygen atoms in total. The highest BCUT2D eigenvalue weighted by atomic mass is 16.4. The molecule has 4 N–H and O–H groups in total. The topological polar surface area (TPSA) is 128 Å². The quantitative estimate of drug-likeness (QED) is 0.608. The van der Waals surface area contributed by atoms with Gasteiger partial charge in [0.2, 0.25) is 0 Å². The van der Waals surface area contributed by atoms with E-state index < -0.39 is 5.97 Å². The summed E-state index contributed by atoms with van der Waals surface area (Å²) in [4.78, 5) is 50.2. The van der Waals surface area contributed by atoms with Gasteiger partial charge in [0, 0.05) is 35.5 Å². The molecule has 2 amide bonds. The van der Waals surface area contributed by atoms with Crippen LogP contribution in [0.4, 0.5) is 5.69 Å². The van der Waals surface area contributed by atoms with E-state index in [9.17, 15) is 19.2 Å². The van der Waals surface area contributed by atoms with Gasteiger partial charge in [-0.25, -0.2) is 0 Å². The van der Waals surface area contributed by atoms with Crippen LogP contribution < -0.4 is 10.6 Å². The fourth-order valence-electron chi connectivity index (χ4n) is 3.28. The van der Waals surface area contributed by atoms with Crippen LogP contribution >= 0.6 is 0 Å². The van der Waals surface area contributed by atoms with Gasteiger partial charge in [0.25, 0.3) is 11.8 Å². The third kappa shape index (κ3) is 4.11. The molecule has 28 heavy (non-hydrogen) atoms. The van der Waals surface area contributed by atoms with Crippen molar-refractivity contribution in [2.75, 3.05) is 11.9 Å². The fourth-order valence-corrected chi connectivity index (χ4v) is 3.28. The molecule has 2 aromatic rings. The van der Waals surface area contributed by atoms with E-state index in [1.165, 1.54) is 0 Å². The predicted molar refractivity (Wildman–Crippen MR) is 102 cm³/mol. The van der Waals surface area contributed by atoms with Crippen LogP contribution in [0.5, 0.6) is 0 Å². The van der Waals surface area contributed by atoms with Gasteiger partial charge in [-0.2, -0.15) is 0 Å². The smallest absolute Gasteiger partial charge is 0.305 e. The minimum absolute atomic E-state index is 0.0438. The maximum Gasteiger partial charge on any atom is 0.305 e. The Kier molecular flexibility index (Phi) is 5.58. The van der Waals surface area contributed by atoms with Crippen molar-refractivity contribution in [1.82, 2.24) is 10.3 Å². The molecule has 0 saturated heterocycles. The molecule has 0 aliphatic heterocycles. The summed E-state index contributed by atoms with van der Waals surface area (Å²) < 4.78 is 0. The first-order valence-corrected chi connectivity index (χ1v) is 9.03. The van der Waals surface area contributed by atoms with Crippen LogP contribution in [-0.4, -0.2) is 40.2 Å². The first kappa shape index (κ1) is 19.3. The molecule has 1 heterocycles. The molecule has 1 aromatic heterocycles. The number of ketones is 1. The van der Waals surface area contributed by atoms with Gasteiger partial charge in [0.15, 0.2) is 5.78 Å². The number of Topliss-reactive ketones (excluding diaryl/α,β-unsaturated/α-hetero) is 1. The van der Waals surface area contributed by atoms with E-state index in [0.717, 1.165) is 18.5 Å². The van der Waals surface area contributed by atoms with E-state index in [2.05, 4.69) is 15.6 Å². The molecule has 1 aliphatic rings. The molecule has 0 bridgehead atoms. The van der Waals surface area contributed by atoms with E-state index in [1.54, 1.807) is 31.2 Å². The molecule has 1 aromatic carbocycles. The Morgan fingerprint density at radius 1 is 1.11 bits per heavy atom. The van der Waals surface area contributed by atoms with Crippen LogP contribution in [-0.2, 0) is 11.2 Å². The molecule has 0 atom stereocenters. The predicted octanol–water partition coefficient (Wildman–Crippen LogP) is 2.30. The molecule has 1 aliphatic carbocycles. The van der Waals surface area contributed by atoms with Crippen LogP contribution in [0, 0.1) is 6.92 Å². The minimum Gasteiger partial charge on any atom is -0.481 e. The summed E-state index contributed by atoms with van der Waals surface area (Å²) in [6, 6.07) is 6.27. The first-order chi connectivity index (χ1) is 13.4. The Morgan fingerprint density at radius 3 is 2.46 bits per heavy atom. The molecule has 0 radical (unpaired) electrons. The number of rotatable bonds is 6. The maximum absolute atomic E-state index is 12.6. The van der Waals surface area contributed by atoms with Crippen LogP contribution in [0.3, 0.4) is 0 Å². The highest BCUT2D eigenvalue weighted by Crippen LogP contribution is 2.27. The number of aromatic nitrogens is 1. The lowest BCUT2D eigenvalue weighted by atomic mass is 9.94. The molecule has 8 heteroatoms. The summed E-state index contributed by atoms with van der Waals surface area (Å²) >= 11 is 0. The summed E-state index contributed by atoms with van der Waals surface area (Å²) in [5, 5.41) is 13.9. The van der Waals surface area contributed by atoms with Crippen molar-refractivity contribution in [3.8, 4) is 0 Å². The monoisotopic (exact) mass is 383 g/mol. The number of hydrogen-bond donors (Lipinski definition) is 4. The van der Waals surface area contributed by atoms with E-state index in [0.29, 0.717) is 34.5 Å². The molecule has 0 saturated carbocycles. The SMILES string of the molecule is Cc1c(C(=O)Nc2ccc(C(=O)NCCC(=O)O)cc2)[nH]c2c1C(=O)CCC2. The highest BCUT2D eigenvalue weighted by Gasteiger charge is 2.26. The molecule has 0 unspecified atom stereocenters. The molecule has 146 valence electrons. The summed E-state index contributed by atoms with van der Waals surface area (Å²) in [7, 11) is 0. The zero-order chi connectivity index (χ0) is 20.3. The largest absolute Gasteiger partial charge is 0.481 e. The average Bonchev–Trinajstić information content (AvgIpc) is 3.00. The number of aryl methyl sites for hydroxylation is 1. The summed E-state index contributed by atoms with van der Waals surface area (Å²) in [6.07, 6.45) is 1.88. The Hall–Kier alpha value is -3.42. The lowest BCUT2D eigenvalue weighted by Crippen LogP contribution is -2.25. The fraction of sp³-hybridized carbons (Fsp3) is 0.300. The third-order valence-electron chi connectivity index (χ3n) is 4.69. The minimum atomic E-state index is -0.985. The van der Waals surface area contributed by atoms with Crippen molar-refractivity contribution in [2.45, 2.75) is 32.6 Å². The number of carbonyl (C=O) groups excluding carboxylic acids is 3. The van der Waals surface area contributed by atoms with Crippen LogP contribution in [0.15, 0.2) is 24.3 Å². The number of aliphatic carboxylic acids is 1. The average molecular weight is 383 g/mol. The normalized spacial score (nSPS) is 13.0. The van der Waals surface area contributed by atoms with Crippen molar-refractivity contribution >= 4 is 29.3 Å². The Labute approximate surface area is 161 Å². The van der Waals surface area contributed by atoms with E-state index in [-0.39, 0.29) is 30.6 Å². The van der Waals surface area contributed by atoms with Gasteiger partial charge in [0.05, 0.1) is 6.42 Å². The zero-order valence-corrected chi connectivity index (χ0v) is 15.4. The number of fused-ring (bicyclic) bond motifs is 1. The molecule has 3 rings (SSSR count). The lowest BCUT2D eigenvalue weighted by Gasteiger charge is -2.09. The lowest BCUT2D eigenvalue weighted by molar-refractivity contribution is -0.136. The number of benzene rings is 1. The van der Waals surface area contributed by atoms with E-state index in [1.807, 2.05) is 0 Å². The van der Waals surface area contributed by atoms with Crippen molar-refractivity contribution in [2.24, 2.45) is 0 Å². The zero-order valence-electron chi connectivity index (χ0n) is 15.4. The van der Waals surface area contributed by atoms with Crippen molar-refractivity contribution < 1.29 is 24.3 Å². The number of amides is 2. The second kappa shape index (κ2) is 8.08. The Bertz CT molecular complexity index is 943. The van der Waals surface area contributed by atoms with E-state index in [4.69, 9.17) is 5.11 Å². The number of carboxylic acids is 1. The molecular formula is C20H21N3O5. The summed E-state index contributed by atoms with van der Waals surface area (Å²) in [5.74, 6) is -1.66. The van der Waals surface area contributed by atoms with Crippen LogP contribution in [0.1, 0.15) is 61.7 Å².